The monoisotopic (exact) mass is 478 g/mol. The van der Waals surface area contributed by atoms with E-state index in [0.29, 0.717) is 19.4 Å². The summed E-state index contributed by atoms with van der Waals surface area (Å²) in [6.45, 7) is 2.71. The Morgan fingerprint density at radius 1 is 1.06 bits per heavy atom. The van der Waals surface area contributed by atoms with Crippen molar-refractivity contribution in [1.82, 2.24) is 10.2 Å². The highest BCUT2D eigenvalue weighted by atomic mass is 16.5. The van der Waals surface area contributed by atoms with Gasteiger partial charge in [-0.25, -0.2) is 9.59 Å². The van der Waals surface area contributed by atoms with Crippen molar-refractivity contribution in [3.05, 3.63) is 59.7 Å². The molecule has 0 radical (unpaired) electrons. The van der Waals surface area contributed by atoms with E-state index in [0.717, 1.165) is 47.9 Å². The van der Waals surface area contributed by atoms with Crippen LogP contribution in [0.15, 0.2) is 48.5 Å². The Balaban J connectivity index is 1.38. The standard InChI is InChI=1S/C28H34N2O5/c1-2-3-10-19(17-26(31)30-16-9-8-15-25(30)27(32)33)29-28(34)35-18-24-22-13-6-4-11-20(22)21-12-5-7-14-23(21)24/h4-7,11-14,19,24-25H,2-3,8-10,15-18H2,1H3,(H,29,34)(H,32,33)/t19-,25+/m0/s1. The third kappa shape index (κ3) is 5.66. The highest BCUT2D eigenvalue weighted by Gasteiger charge is 2.33. The first-order valence-electron chi connectivity index (χ1n) is 12.6. The van der Waals surface area contributed by atoms with Crippen LogP contribution in [-0.2, 0) is 14.3 Å². The van der Waals surface area contributed by atoms with Gasteiger partial charge in [0, 0.05) is 24.9 Å². The normalized spacial score (nSPS) is 17.9. The molecule has 0 spiro atoms. The van der Waals surface area contributed by atoms with Crippen LogP contribution in [0.5, 0.6) is 0 Å². The molecule has 1 saturated heterocycles. The minimum atomic E-state index is -0.965. The van der Waals surface area contributed by atoms with E-state index in [2.05, 4.69) is 36.5 Å². The van der Waals surface area contributed by atoms with Crippen LogP contribution in [0.25, 0.3) is 11.1 Å². The third-order valence-electron chi connectivity index (χ3n) is 7.10. The van der Waals surface area contributed by atoms with Crippen LogP contribution < -0.4 is 5.32 Å². The molecule has 0 unspecified atom stereocenters. The number of amides is 2. The fraction of sp³-hybridized carbons (Fsp3) is 0.464. The van der Waals surface area contributed by atoms with Crippen molar-refractivity contribution in [2.24, 2.45) is 0 Å². The van der Waals surface area contributed by atoms with Crippen LogP contribution in [0.2, 0.25) is 0 Å². The molecule has 7 heteroatoms. The predicted molar refractivity (Wildman–Crippen MR) is 133 cm³/mol. The number of unbranched alkanes of at least 4 members (excludes halogenated alkanes) is 1. The number of hydrogen-bond donors (Lipinski definition) is 2. The number of aliphatic carboxylic acids is 1. The van der Waals surface area contributed by atoms with Gasteiger partial charge in [-0.05, 0) is 47.9 Å². The molecule has 2 N–H and O–H groups in total. The minimum Gasteiger partial charge on any atom is -0.480 e. The molecule has 0 saturated carbocycles. The maximum absolute atomic E-state index is 13.0. The zero-order chi connectivity index (χ0) is 24.8. The molecule has 35 heavy (non-hydrogen) atoms. The Bertz CT molecular complexity index is 1020. The predicted octanol–water partition coefficient (Wildman–Crippen LogP) is 4.94. The Morgan fingerprint density at radius 2 is 1.71 bits per heavy atom. The number of carboxylic acids is 1. The van der Waals surface area contributed by atoms with E-state index in [1.54, 1.807) is 0 Å². The summed E-state index contributed by atoms with van der Waals surface area (Å²) in [7, 11) is 0. The summed E-state index contributed by atoms with van der Waals surface area (Å²) >= 11 is 0. The van der Waals surface area contributed by atoms with Gasteiger partial charge in [0.05, 0.1) is 0 Å². The van der Waals surface area contributed by atoms with Gasteiger partial charge in [0.2, 0.25) is 5.91 Å². The molecule has 1 heterocycles. The van der Waals surface area contributed by atoms with E-state index in [4.69, 9.17) is 4.74 Å². The summed E-state index contributed by atoms with van der Waals surface area (Å²) in [5.74, 6) is -1.22. The maximum atomic E-state index is 13.0. The van der Waals surface area contributed by atoms with Gasteiger partial charge in [-0.3, -0.25) is 4.79 Å². The Kier molecular flexibility index (Phi) is 8.06. The highest BCUT2D eigenvalue weighted by Crippen LogP contribution is 2.44. The van der Waals surface area contributed by atoms with Crippen molar-refractivity contribution in [2.45, 2.75) is 69.9 Å². The SMILES string of the molecule is CCCC[C@@H](CC(=O)N1CCCC[C@@H]1C(=O)O)NC(=O)OCC1c2ccccc2-c2ccccc21. The van der Waals surface area contributed by atoms with E-state index in [-0.39, 0.29) is 24.9 Å². The Morgan fingerprint density at radius 3 is 2.34 bits per heavy atom. The fourth-order valence-electron chi connectivity index (χ4n) is 5.30. The number of nitrogens with zero attached hydrogens (tertiary/aromatic N) is 1. The number of carbonyl (C=O) groups is 3. The smallest absolute Gasteiger partial charge is 0.407 e. The van der Waals surface area contributed by atoms with Gasteiger partial charge in [-0.15, -0.1) is 0 Å². The molecular formula is C28H34N2O5. The first-order chi connectivity index (χ1) is 17.0. The van der Waals surface area contributed by atoms with E-state index in [9.17, 15) is 19.5 Å². The van der Waals surface area contributed by atoms with Crippen LogP contribution in [0, 0.1) is 0 Å². The van der Waals surface area contributed by atoms with Gasteiger partial charge in [0.1, 0.15) is 12.6 Å². The number of nitrogens with one attached hydrogen (secondary N) is 1. The van der Waals surface area contributed by atoms with Gasteiger partial charge in [-0.2, -0.15) is 0 Å². The summed E-state index contributed by atoms with van der Waals surface area (Å²) in [4.78, 5) is 38.8. The molecule has 7 nitrogen and oxygen atoms in total. The van der Waals surface area contributed by atoms with Crippen molar-refractivity contribution in [2.75, 3.05) is 13.2 Å². The van der Waals surface area contributed by atoms with Gasteiger partial charge < -0.3 is 20.1 Å². The molecule has 4 rings (SSSR count). The number of ether oxygens (including phenoxy) is 1. The lowest BCUT2D eigenvalue weighted by Gasteiger charge is -2.34. The quantitative estimate of drug-likeness (QED) is 0.532. The molecule has 2 atom stereocenters. The summed E-state index contributed by atoms with van der Waals surface area (Å²) in [5.41, 5.74) is 4.61. The van der Waals surface area contributed by atoms with Crippen LogP contribution in [0.3, 0.4) is 0 Å². The van der Waals surface area contributed by atoms with Gasteiger partial charge >= 0.3 is 12.1 Å². The number of piperidine rings is 1. The van der Waals surface area contributed by atoms with E-state index >= 15 is 0 Å². The first-order valence-corrected chi connectivity index (χ1v) is 12.6. The van der Waals surface area contributed by atoms with E-state index < -0.39 is 24.1 Å². The van der Waals surface area contributed by atoms with Gasteiger partial charge in [0.15, 0.2) is 0 Å². The van der Waals surface area contributed by atoms with E-state index in [1.807, 2.05) is 24.3 Å². The second-order valence-corrected chi connectivity index (χ2v) is 9.45. The highest BCUT2D eigenvalue weighted by molar-refractivity contribution is 5.84. The Labute approximate surface area is 206 Å². The number of carboxylic acid groups (broad SMARTS) is 1. The maximum Gasteiger partial charge on any atom is 0.407 e. The van der Waals surface area contributed by atoms with Gasteiger partial charge in [0.25, 0.3) is 0 Å². The van der Waals surface area contributed by atoms with Crippen LogP contribution >= 0.6 is 0 Å². The molecule has 2 aromatic rings. The molecule has 1 aliphatic heterocycles. The molecule has 1 fully saturated rings. The number of hydrogen-bond acceptors (Lipinski definition) is 4. The number of fused-ring (bicyclic) bond motifs is 3. The second-order valence-electron chi connectivity index (χ2n) is 9.45. The van der Waals surface area contributed by atoms with Crippen molar-refractivity contribution in [1.29, 1.82) is 0 Å². The molecular weight excluding hydrogens is 444 g/mol. The topological polar surface area (TPSA) is 95.9 Å². The summed E-state index contributed by atoms with van der Waals surface area (Å²) in [6, 6.07) is 15.2. The van der Waals surface area contributed by atoms with Crippen LogP contribution in [0.4, 0.5) is 4.79 Å². The summed E-state index contributed by atoms with van der Waals surface area (Å²) in [5, 5.41) is 12.4. The molecule has 2 aliphatic rings. The number of likely N-dealkylation sites (tertiary alicyclic amines) is 1. The lowest BCUT2D eigenvalue weighted by Crippen LogP contribution is -2.50. The van der Waals surface area contributed by atoms with Crippen LogP contribution in [0.1, 0.15) is 68.9 Å². The van der Waals surface area contributed by atoms with Crippen molar-refractivity contribution >= 4 is 18.0 Å². The van der Waals surface area contributed by atoms with Crippen molar-refractivity contribution in [3.63, 3.8) is 0 Å². The molecule has 2 aromatic carbocycles. The molecule has 0 bridgehead atoms. The van der Waals surface area contributed by atoms with Crippen molar-refractivity contribution in [3.8, 4) is 11.1 Å². The average molecular weight is 479 g/mol. The first kappa shape index (κ1) is 24.8. The second kappa shape index (κ2) is 11.4. The lowest BCUT2D eigenvalue weighted by atomic mass is 9.98. The molecule has 2 amide bonds. The number of carbonyl (C=O) groups excluding carboxylic acids is 2. The molecule has 186 valence electrons. The summed E-state index contributed by atoms with van der Waals surface area (Å²) in [6.07, 6.45) is 4.02. The fourth-order valence-corrected chi connectivity index (χ4v) is 5.30. The Hall–Kier alpha value is -3.35. The largest absolute Gasteiger partial charge is 0.480 e. The zero-order valence-electron chi connectivity index (χ0n) is 20.2. The molecule has 1 aliphatic carbocycles. The zero-order valence-corrected chi connectivity index (χ0v) is 20.2. The molecule has 0 aromatic heterocycles. The number of alkyl carbamates (subject to hydrolysis) is 1. The lowest BCUT2D eigenvalue weighted by molar-refractivity contribution is -0.152. The van der Waals surface area contributed by atoms with E-state index in [1.165, 1.54) is 4.90 Å². The van der Waals surface area contributed by atoms with Crippen LogP contribution in [-0.4, -0.2) is 53.2 Å². The number of rotatable bonds is 9. The summed E-state index contributed by atoms with van der Waals surface area (Å²) < 4.78 is 5.67. The minimum absolute atomic E-state index is 0.0338. The van der Waals surface area contributed by atoms with Crippen molar-refractivity contribution < 1.29 is 24.2 Å². The average Bonchev–Trinajstić information content (AvgIpc) is 3.19. The number of benzene rings is 2. The third-order valence-corrected chi connectivity index (χ3v) is 7.10. The van der Waals surface area contributed by atoms with Gasteiger partial charge in [-0.1, -0.05) is 68.3 Å².